The third-order valence-corrected chi connectivity index (χ3v) is 3.58. The van der Waals surface area contributed by atoms with Gasteiger partial charge in [0.15, 0.2) is 0 Å². The standard InChI is InChI=1S/C15H23NO/c1-5-13(16-6-2)11-7-8-14-12(9-11)15(3,4)10-17-14/h7-9,13,16H,5-6,10H2,1-4H3. The predicted octanol–water partition coefficient (Wildman–Crippen LogP) is 3.42. The molecule has 0 radical (unpaired) electrons. The summed E-state index contributed by atoms with van der Waals surface area (Å²) in [5, 5.41) is 3.53. The molecule has 2 heteroatoms. The molecule has 0 aromatic heterocycles. The Bertz CT molecular complexity index is 398. The van der Waals surface area contributed by atoms with Crippen LogP contribution in [0, 0.1) is 0 Å². The summed E-state index contributed by atoms with van der Waals surface area (Å²) in [4.78, 5) is 0. The molecule has 1 aliphatic heterocycles. The Labute approximate surface area is 104 Å². The highest BCUT2D eigenvalue weighted by Crippen LogP contribution is 2.39. The first-order valence-electron chi connectivity index (χ1n) is 6.59. The zero-order valence-electron chi connectivity index (χ0n) is 11.3. The van der Waals surface area contributed by atoms with Crippen LogP contribution in [0.25, 0.3) is 0 Å². The highest BCUT2D eigenvalue weighted by atomic mass is 16.5. The lowest BCUT2D eigenvalue weighted by Gasteiger charge is -2.20. The molecule has 0 aliphatic carbocycles. The maximum absolute atomic E-state index is 5.72. The molecule has 0 bridgehead atoms. The average molecular weight is 233 g/mol. The molecule has 2 nitrogen and oxygen atoms in total. The number of fused-ring (bicyclic) bond motifs is 1. The van der Waals surface area contributed by atoms with Crippen molar-refractivity contribution in [3.8, 4) is 5.75 Å². The minimum Gasteiger partial charge on any atom is -0.492 e. The zero-order valence-corrected chi connectivity index (χ0v) is 11.3. The van der Waals surface area contributed by atoms with Crippen LogP contribution in [-0.4, -0.2) is 13.2 Å². The summed E-state index contributed by atoms with van der Waals surface area (Å²) in [5.41, 5.74) is 2.88. The van der Waals surface area contributed by atoms with Crippen molar-refractivity contribution in [2.24, 2.45) is 0 Å². The topological polar surface area (TPSA) is 21.3 Å². The first-order valence-corrected chi connectivity index (χ1v) is 6.59. The van der Waals surface area contributed by atoms with E-state index in [0.29, 0.717) is 6.04 Å². The molecule has 1 heterocycles. The quantitative estimate of drug-likeness (QED) is 0.860. The number of ether oxygens (including phenoxy) is 1. The van der Waals surface area contributed by atoms with Gasteiger partial charge in [-0.25, -0.2) is 0 Å². The Morgan fingerprint density at radius 3 is 2.76 bits per heavy atom. The lowest BCUT2D eigenvalue weighted by Crippen LogP contribution is -2.21. The van der Waals surface area contributed by atoms with Crippen molar-refractivity contribution < 1.29 is 4.74 Å². The number of nitrogens with one attached hydrogen (secondary N) is 1. The van der Waals surface area contributed by atoms with Crippen LogP contribution in [0.15, 0.2) is 18.2 Å². The second kappa shape index (κ2) is 4.69. The minimum atomic E-state index is 0.149. The lowest BCUT2D eigenvalue weighted by atomic mass is 9.85. The van der Waals surface area contributed by atoms with E-state index in [-0.39, 0.29) is 5.41 Å². The van der Waals surface area contributed by atoms with Gasteiger partial charge in [0.1, 0.15) is 5.75 Å². The zero-order chi connectivity index (χ0) is 12.5. The van der Waals surface area contributed by atoms with Gasteiger partial charge in [-0.15, -0.1) is 0 Å². The van der Waals surface area contributed by atoms with Gasteiger partial charge >= 0.3 is 0 Å². The van der Waals surface area contributed by atoms with E-state index in [9.17, 15) is 0 Å². The molecule has 0 spiro atoms. The first-order chi connectivity index (χ1) is 8.08. The summed E-state index contributed by atoms with van der Waals surface area (Å²) in [6.45, 7) is 10.7. The second-order valence-electron chi connectivity index (χ2n) is 5.45. The van der Waals surface area contributed by atoms with Crippen molar-refractivity contribution in [1.82, 2.24) is 5.32 Å². The largest absolute Gasteiger partial charge is 0.492 e. The summed E-state index contributed by atoms with van der Waals surface area (Å²) in [6.07, 6.45) is 1.12. The Morgan fingerprint density at radius 2 is 2.12 bits per heavy atom. The van der Waals surface area contributed by atoms with Gasteiger partial charge in [0.2, 0.25) is 0 Å². The van der Waals surface area contributed by atoms with Crippen LogP contribution in [0.5, 0.6) is 5.75 Å². The smallest absolute Gasteiger partial charge is 0.123 e. The van der Waals surface area contributed by atoms with Gasteiger partial charge in [0, 0.05) is 17.0 Å². The molecule has 1 atom stereocenters. The fourth-order valence-electron chi connectivity index (χ4n) is 2.50. The van der Waals surface area contributed by atoms with E-state index >= 15 is 0 Å². The van der Waals surface area contributed by atoms with Crippen LogP contribution in [0.2, 0.25) is 0 Å². The average Bonchev–Trinajstić information content (AvgIpc) is 2.62. The van der Waals surface area contributed by atoms with Gasteiger partial charge in [0.05, 0.1) is 6.61 Å². The van der Waals surface area contributed by atoms with Crippen LogP contribution >= 0.6 is 0 Å². The van der Waals surface area contributed by atoms with Crippen LogP contribution < -0.4 is 10.1 Å². The fraction of sp³-hybridized carbons (Fsp3) is 0.600. The van der Waals surface area contributed by atoms with Crippen molar-refractivity contribution in [3.63, 3.8) is 0 Å². The van der Waals surface area contributed by atoms with Gasteiger partial charge in [0.25, 0.3) is 0 Å². The molecule has 1 unspecified atom stereocenters. The number of hydrogen-bond acceptors (Lipinski definition) is 2. The van der Waals surface area contributed by atoms with E-state index in [1.54, 1.807) is 0 Å². The molecule has 0 saturated carbocycles. The predicted molar refractivity (Wildman–Crippen MR) is 71.7 cm³/mol. The molecule has 0 saturated heterocycles. The second-order valence-corrected chi connectivity index (χ2v) is 5.45. The van der Waals surface area contributed by atoms with Crippen molar-refractivity contribution in [2.45, 2.75) is 45.6 Å². The monoisotopic (exact) mass is 233 g/mol. The third kappa shape index (κ3) is 2.32. The normalized spacial score (nSPS) is 18.6. The number of hydrogen-bond donors (Lipinski definition) is 1. The molecule has 94 valence electrons. The number of benzene rings is 1. The molecular formula is C15H23NO. The van der Waals surface area contributed by atoms with Gasteiger partial charge in [-0.3, -0.25) is 0 Å². The third-order valence-electron chi connectivity index (χ3n) is 3.58. The Kier molecular flexibility index (Phi) is 3.43. The van der Waals surface area contributed by atoms with Crippen molar-refractivity contribution >= 4 is 0 Å². The molecule has 0 amide bonds. The summed E-state index contributed by atoms with van der Waals surface area (Å²) in [6, 6.07) is 7.09. The van der Waals surface area contributed by atoms with Gasteiger partial charge in [-0.05, 0) is 30.7 Å². The van der Waals surface area contributed by atoms with E-state index in [1.165, 1.54) is 11.1 Å². The SMILES string of the molecule is CCNC(CC)c1ccc2c(c1)C(C)(C)CO2. The molecular weight excluding hydrogens is 210 g/mol. The molecule has 17 heavy (non-hydrogen) atoms. The maximum Gasteiger partial charge on any atom is 0.123 e. The van der Waals surface area contributed by atoms with Crippen LogP contribution in [0.4, 0.5) is 0 Å². The molecule has 1 aromatic rings. The Morgan fingerprint density at radius 1 is 1.35 bits per heavy atom. The summed E-state index contributed by atoms with van der Waals surface area (Å²) < 4.78 is 5.72. The van der Waals surface area contributed by atoms with Crippen LogP contribution in [0.1, 0.15) is 51.3 Å². The first kappa shape index (κ1) is 12.4. The molecule has 1 aliphatic rings. The molecule has 0 fully saturated rings. The van der Waals surface area contributed by atoms with Crippen molar-refractivity contribution in [3.05, 3.63) is 29.3 Å². The highest BCUT2D eigenvalue weighted by molar-refractivity contribution is 5.45. The molecule has 2 rings (SSSR count). The lowest BCUT2D eigenvalue weighted by molar-refractivity contribution is 0.291. The summed E-state index contributed by atoms with van der Waals surface area (Å²) in [5.74, 6) is 1.06. The van der Waals surface area contributed by atoms with E-state index < -0.39 is 0 Å². The van der Waals surface area contributed by atoms with Crippen molar-refractivity contribution in [1.29, 1.82) is 0 Å². The Hall–Kier alpha value is -1.02. The summed E-state index contributed by atoms with van der Waals surface area (Å²) in [7, 11) is 0. The maximum atomic E-state index is 5.72. The molecule has 1 N–H and O–H groups in total. The van der Waals surface area contributed by atoms with Gasteiger partial charge in [-0.1, -0.05) is 33.8 Å². The molecule has 1 aromatic carbocycles. The highest BCUT2D eigenvalue weighted by Gasteiger charge is 2.32. The van der Waals surface area contributed by atoms with E-state index in [2.05, 4.69) is 51.2 Å². The van der Waals surface area contributed by atoms with Crippen LogP contribution in [0.3, 0.4) is 0 Å². The van der Waals surface area contributed by atoms with E-state index in [4.69, 9.17) is 4.74 Å². The minimum absolute atomic E-state index is 0.149. The Balaban J connectivity index is 2.33. The van der Waals surface area contributed by atoms with E-state index in [0.717, 1.165) is 25.3 Å². The fourth-order valence-corrected chi connectivity index (χ4v) is 2.50. The summed E-state index contributed by atoms with van der Waals surface area (Å²) >= 11 is 0. The van der Waals surface area contributed by atoms with Gasteiger partial charge < -0.3 is 10.1 Å². The van der Waals surface area contributed by atoms with Crippen molar-refractivity contribution in [2.75, 3.05) is 13.2 Å². The van der Waals surface area contributed by atoms with Gasteiger partial charge in [-0.2, -0.15) is 0 Å². The van der Waals surface area contributed by atoms with E-state index in [1.807, 2.05) is 0 Å². The van der Waals surface area contributed by atoms with Crippen LogP contribution in [-0.2, 0) is 5.41 Å². The number of rotatable bonds is 4.